The van der Waals surface area contributed by atoms with Crippen molar-refractivity contribution in [2.75, 3.05) is 5.73 Å². The molecule has 0 atom stereocenters. The van der Waals surface area contributed by atoms with Crippen LogP contribution in [-0.4, -0.2) is 15.0 Å². The number of hydrogen-bond donors (Lipinski definition) is 1. The molecule has 3 rings (SSSR count). The molecule has 0 spiro atoms. The van der Waals surface area contributed by atoms with Gasteiger partial charge in [-0.1, -0.05) is 17.3 Å². The first-order valence-corrected chi connectivity index (χ1v) is 5.23. The van der Waals surface area contributed by atoms with Crippen LogP contribution in [0.1, 0.15) is 18.9 Å². The number of benzene rings is 1. The van der Waals surface area contributed by atoms with E-state index in [4.69, 9.17) is 5.73 Å². The number of hydrogen-bond acceptors (Lipinski definition) is 3. The van der Waals surface area contributed by atoms with E-state index in [1.165, 1.54) is 6.07 Å². The predicted octanol–water partition coefficient (Wildman–Crippen LogP) is 2.00. The minimum absolute atomic E-state index is 0.322. The van der Waals surface area contributed by atoms with E-state index in [0.717, 1.165) is 12.8 Å². The van der Waals surface area contributed by atoms with Crippen molar-refractivity contribution >= 4 is 5.82 Å². The standard InChI is InChI=1S/C11H11FN4/c12-9-4-2-1-3-8(9)10-11(13)16(15-14-10)7-5-6-7/h1-4,7H,5-6,13H2. The van der Waals surface area contributed by atoms with Gasteiger partial charge in [-0.05, 0) is 25.0 Å². The third-order valence-corrected chi connectivity index (χ3v) is 2.75. The molecule has 0 saturated heterocycles. The molecule has 1 aliphatic carbocycles. The Hall–Kier alpha value is -1.91. The van der Waals surface area contributed by atoms with E-state index in [0.29, 0.717) is 23.1 Å². The van der Waals surface area contributed by atoms with Crippen LogP contribution in [0, 0.1) is 5.82 Å². The normalized spacial score (nSPS) is 15.3. The van der Waals surface area contributed by atoms with Gasteiger partial charge >= 0.3 is 0 Å². The maximum Gasteiger partial charge on any atom is 0.150 e. The molecule has 5 heteroatoms. The van der Waals surface area contributed by atoms with Crippen molar-refractivity contribution in [3.63, 3.8) is 0 Å². The highest BCUT2D eigenvalue weighted by Crippen LogP contribution is 2.38. The number of nitrogen functional groups attached to an aromatic ring is 1. The molecule has 1 saturated carbocycles. The van der Waals surface area contributed by atoms with Crippen LogP contribution < -0.4 is 5.73 Å². The van der Waals surface area contributed by atoms with Gasteiger partial charge < -0.3 is 5.73 Å². The number of halogens is 1. The molecule has 1 aliphatic rings. The van der Waals surface area contributed by atoms with Crippen LogP contribution in [0.25, 0.3) is 11.3 Å². The molecular weight excluding hydrogens is 207 g/mol. The molecule has 1 fully saturated rings. The summed E-state index contributed by atoms with van der Waals surface area (Å²) < 4.78 is 15.2. The Labute approximate surface area is 91.9 Å². The summed E-state index contributed by atoms with van der Waals surface area (Å²) in [6, 6.07) is 6.81. The molecular formula is C11H11FN4. The van der Waals surface area contributed by atoms with Gasteiger partial charge in [0.15, 0.2) is 5.82 Å². The fraction of sp³-hybridized carbons (Fsp3) is 0.273. The Morgan fingerprint density at radius 2 is 2.06 bits per heavy atom. The van der Waals surface area contributed by atoms with E-state index >= 15 is 0 Å². The largest absolute Gasteiger partial charge is 0.382 e. The Morgan fingerprint density at radius 1 is 1.31 bits per heavy atom. The van der Waals surface area contributed by atoms with Gasteiger partial charge in [-0.3, -0.25) is 0 Å². The summed E-state index contributed by atoms with van der Waals surface area (Å²) in [6.07, 6.45) is 2.15. The Balaban J connectivity index is 2.10. The van der Waals surface area contributed by atoms with Crippen molar-refractivity contribution in [3.8, 4) is 11.3 Å². The third kappa shape index (κ3) is 1.36. The van der Waals surface area contributed by atoms with Gasteiger partial charge in [0.25, 0.3) is 0 Å². The highest BCUT2D eigenvalue weighted by Gasteiger charge is 2.28. The van der Waals surface area contributed by atoms with E-state index in [2.05, 4.69) is 10.3 Å². The lowest BCUT2D eigenvalue weighted by atomic mass is 10.1. The second kappa shape index (κ2) is 3.30. The van der Waals surface area contributed by atoms with E-state index < -0.39 is 0 Å². The molecule has 1 aromatic carbocycles. The molecule has 2 N–H and O–H groups in total. The maximum absolute atomic E-state index is 13.5. The molecule has 0 radical (unpaired) electrons. The molecule has 0 amide bonds. The van der Waals surface area contributed by atoms with Gasteiger partial charge in [0, 0.05) is 5.56 Å². The molecule has 82 valence electrons. The van der Waals surface area contributed by atoms with Crippen molar-refractivity contribution in [1.82, 2.24) is 15.0 Å². The summed E-state index contributed by atoms with van der Waals surface area (Å²) >= 11 is 0. The summed E-state index contributed by atoms with van der Waals surface area (Å²) in [5.41, 5.74) is 6.76. The van der Waals surface area contributed by atoms with Crippen LogP contribution in [0.4, 0.5) is 10.2 Å². The van der Waals surface area contributed by atoms with E-state index in [1.54, 1.807) is 22.9 Å². The Kier molecular flexibility index (Phi) is 1.92. The van der Waals surface area contributed by atoms with Crippen LogP contribution in [0.5, 0.6) is 0 Å². The first kappa shape index (κ1) is 9.33. The number of anilines is 1. The minimum Gasteiger partial charge on any atom is -0.382 e. The number of rotatable bonds is 2. The highest BCUT2D eigenvalue weighted by atomic mass is 19.1. The average Bonchev–Trinajstić information content (AvgIpc) is 3.05. The van der Waals surface area contributed by atoms with Crippen molar-refractivity contribution in [2.24, 2.45) is 0 Å². The lowest BCUT2D eigenvalue weighted by molar-refractivity contribution is 0.618. The number of nitrogens with two attached hydrogens (primary N) is 1. The van der Waals surface area contributed by atoms with Crippen LogP contribution in [0.15, 0.2) is 24.3 Å². The molecule has 1 aromatic heterocycles. The van der Waals surface area contributed by atoms with Crippen molar-refractivity contribution < 1.29 is 4.39 Å². The summed E-state index contributed by atoms with van der Waals surface area (Å²) in [5, 5.41) is 7.93. The zero-order valence-electron chi connectivity index (χ0n) is 8.60. The lowest BCUT2D eigenvalue weighted by Gasteiger charge is -2.01. The molecule has 2 aromatic rings. The van der Waals surface area contributed by atoms with Gasteiger partial charge in [0.2, 0.25) is 0 Å². The van der Waals surface area contributed by atoms with Crippen LogP contribution >= 0.6 is 0 Å². The highest BCUT2D eigenvalue weighted by molar-refractivity contribution is 5.70. The summed E-state index contributed by atoms with van der Waals surface area (Å²) in [4.78, 5) is 0. The van der Waals surface area contributed by atoms with Crippen LogP contribution in [0.2, 0.25) is 0 Å². The molecule has 16 heavy (non-hydrogen) atoms. The second-order valence-corrected chi connectivity index (χ2v) is 3.98. The fourth-order valence-electron chi connectivity index (χ4n) is 1.73. The van der Waals surface area contributed by atoms with Crippen molar-refractivity contribution in [1.29, 1.82) is 0 Å². The lowest BCUT2D eigenvalue weighted by Crippen LogP contribution is -2.02. The van der Waals surface area contributed by atoms with E-state index in [9.17, 15) is 4.39 Å². The first-order valence-electron chi connectivity index (χ1n) is 5.23. The zero-order valence-corrected chi connectivity index (χ0v) is 8.60. The quantitative estimate of drug-likeness (QED) is 0.838. The average molecular weight is 218 g/mol. The van der Waals surface area contributed by atoms with E-state index in [-0.39, 0.29) is 5.82 Å². The Bertz CT molecular complexity index is 531. The van der Waals surface area contributed by atoms with Gasteiger partial charge in [-0.15, -0.1) is 5.10 Å². The molecule has 0 bridgehead atoms. The topological polar surface area (TPSA) is 56.7 Å². The molecule has 1 heterocycles. The second-order valence-electron chi connectivity index (χ2n) is 3.98. The SMILES string of the molecule is Nc1c(-c2ccccc2F)nnn1C1CC1. The number of aromatic nitrogens is 3. The molecule has 0 unspecified atom stereocenters. The van der Waals surface area contributed by atoms with Crippen molar-refractivity contribution in [3.05, 3.63) is 30.1 Å². The molecule has 0 aliphatic heterocycles. The van der Waals surface area contributed by atoms with E-state index in [1.807, 2.05) is 0 Å². The molecule has 4 nitrogen and oxygen atoms in total. The predicted molar refractivity (Wildman–Crippen MR) is 58.1 cm³/mol. The maximum atomic E-state index is 13.5. The van der Waals surface area contributed by atoms with Gasteiger partial charge in [0.05, 0.1) is 6.04 Å². The van der Waals surface area contributed by atoms with Gasteiger partial charge in [-0.25, -0.2) is 9.07 Å². The van der Waals surface area contributed by atoms with Gasteiger partial charge in [-0.2, -0.15) is 0 Å². The summed E-state index contributed by atoms with van der Waals surface area (Å²) in [6.45, 7) is 0. The fourth-order valence-corrected chi connectivity index (χ4v) is 1.73. The smallest absolute Gasteiger partial charge is 0.150 e. The summed E-state index contributed by atoms with van der Waals surface area (Å²) in [5.74, 6) is 0.129. The Morgan fingerprint density at radius 3 is 2.75 bits per heavy atom. The summed E-state index contributed by atoms with van der Waals surface area (Å²) in [7, 11) is 0. The van der Waals surface area contributed by atoms with Gasteiger partial charge in [0.1, 0.15) is 11.5 Å². The monoisotopic (exact) mass is 218 g/mol. The zero-order chi connectivity index (χ0) is 11.1. The minimum atomic E-state index is -0.322. The third-order valence-electron chi connectivity index (χ3n) is 2.75. The van der Waals surface area contributed by atoms with Crippen LogP contribution in [0.3, 0.4) is 0 Å². The van der Waals surface area contributed by atoms with Crippen molar-refractivity contribution in [2.45, 2.75) is 18.9 Å². The number of nitrogens with zero attached hydrogens (tertiary/aromatic N) is 3. The first-order chi connectivity index (χ1) is 7.77. The van der Waals surface area contributed by atoms with Crippen LogP contribution in [-0.2, 0) is 0 Å².